The molecule has 0 spiro atoms. The Morgan fingerprint density at radius 2 is 1.82 bits per heavy atom. The Morgan fingerprint density at radius 1 is 1.05 bits per heavy atom. The third-order valence-electron chi connectivity index (χ3n) is 14.6. The van der Waals surface area contributed by atoms with E-state index in [1.54, 1.807) is 6.92 Å². The van der Waals surface area contributed by atoms with E-state index in [0.29, 0.717) is 43.0 Å². The van der Waals surface area contributed by atoms with E-state index < -0.39 is 73.6 Å². The molecule has 3 aliphatic heterocycles. The molecule has 3 aliphatic carbocycles. The topological polar surface area (TPSA) is 186 Å². The lowest BCUT2D eigenvalue weighted by atomic mass is 9.85. The molecule has 4 heterocycles. The van der Waals surface area contributed by atoms with Crippen LogP contribution in [0.5, 0.6) is 11.6 Å². The number of pyridine rings is 1. The Hall–Kier alpha value is -4.70. The summed E-state index contributed by atoms with van der Waals surface area (Å²) in [7, 11) is -4.02. The van der Waals surface area contributed by atoms with Crippen LogP contribution in [0.2, 0.25) is 0 Å². The summed E-state index contributed by atoms with van der Waals surface area (Å²) in [5.41, 5.74) is -0.957. The Kier molecular flexibility index (Phi) is 13.6. The van der Waals surface area contributed by atoms with Crippen molar-refractivity contribution in [1.29, 1.82) is 0 Å². The van der Waals surface area contributed by atoms with Gasteiger partial charge in [0.05, 0.1) is 29.0 Å². The van der Waals surface area contributed by atoms with Crippen LogP contribution >= 0.6 is 0 Å². The van der Waals surface area contributed by atoms with Crippen molar-refractivity contribution in [3.05, 3.63) is 54.6 Å². The summed E-state index contributed by atoms with van der Waals surface area (Å²) < 4.78 is 47.3. The van der Waals surface area contributed by atoms with Crippen LogP contribution in [0.25, 0.3) is 10.9 Å². The third-order valence-corrected chi connectivity index (χ3v) is 16.8. The van der Waals surface area contributed by atoms with Crippen LogP contribution in [0.4, 0.5) is 4.79 Å². The minimum absolute atomic E-state index is 0.0191. The summed E-state index contributed by atoms with van der Waals surface area (Å²) in [6, 6.07) is 5.53. The van der Waals surface area contributed by atoms with Gasteiger partial charge in [-0.25, -0.2) is 18.2 Å². The van der Waals surface area contributed by atoms with Gasteiger partial charge in [-0.2, -0.15) is 0 Å². The first kappa shape index (κ1) is 46.8. The first-order valence-corrected chi connectivity index (χ1v) is 25.4. The number of likely N-dealkylation sites (tertiary alicyclic amines) is 1. The molecule has 4 amide bonds. The highest BCUT2D eigenvalue weighted by Gasteiger charge is 2.63. The van der Waals surface area contributed by atoms with Gasteiger partial charge in [0.2, 0.25) is 27.7 Å². The molecular weight excluding hydrogens is 849 g/mol. The van der Waals surface area contributed by atoms with Crippen molar-refractivity contribution in [3.8, 4) is 11.6 Å². The minimum Gasteiger partial charge on any atom is -0.492 e. The number of sulfonamides is 1. The summed E-state index contributed by atoms with van der Waals surface area (Å²) in [5, 5.41) is 6.62. The molecular formula is C49H68N6O9S. The van der Waals surface area contributed by atoms with Crippen molar-refractivity contribution in [2.45, 2.75) is 152 Å². The van der Waals surface area contributed by atoms with Gasteiger partial charge in [0, 0.05) is 24.3 Å². The van der Waals surface area contributed by atoms with E-state index in [-0.39, 0.29) is 31.4 Å². The lowest BCUT2D eigenvalue weighted by Gasteiger charge is -2.35. The van der Waals surface area contributed by atoms with Crippen molar-refractivity contribution in [3.63, 3.8) is 0 Å². The molecule has 15 nitrogen and oxygen atoms in total. The number of carbonyl (C=O) groups is 4. The predicted octanol–water partition coefficient (Wildman–Crippen LogP) is 6.10. The summed E-state index contributed by atoms with van der Waals surface area (Å²) in [5.74, 6) is -1.36. The maximum Gasteiger partial charge on any atom is 0.408 e. The Morgan fingerprint density at radius 3 is 2.54 bits per heavy atom. The quantitative estimate of drug-likeness (QED) is 0.175. The third kappa shape index (κ3) is 10.2. The SMILES string of the molecule is C=C[C@@H]1C[C@]1(NC(=O)[C@@H]1C[C@@H]2CN1C(=O)[C@H](C(C)(C)C)NC(=O)O[C@@H]1CCC[C@H]1CCC=CCc1c(nc3ccccc3c1OCCCN1CCCCC1)O2)C(=O)NS(=O)(=O)C1(C)CC1. The number of piperidine rings is 1. The lowest BCUT2D eigenvalue weighted by Crippen LogP contribution is -2.60. The largest absolute Gasteiger partial charge is 0.492 e. The van der Waals surface area contributed by atoms with Crippen LogP contribution in [0.15, 0.2) is 49.1 Å². The van der Waals surface area contributed by atoms with Gasteiger partial charge in [0.1, 0.15) is 35.6 Å². The summed E-state index contributed by atoms with van der Waals surface area (Å²) in [6.45, 7) is 14.6. The van der Waals surface area contributed by atoms with E-state index in [4.69, 9.17) is 19.2 Å². The van der Waals surface area contributed by atoms with Crippen LogP contribution in [-0.2, 0) is 35.6 Å². The van der Waals surface area contributed by atoms with Gasteiger partial charge in [-0.05, 0) is 121 Å². The molecule has 354 valence electrons. The summed E-state index contributed by atoms with van der Waals surface area (Å²) in [4.78, 5) is 66.3. The minimum atomic E-state index is -4.02. The number of nitrogens with one attached hydrogen (secondary N) is 3. The highest BCUT2D eigenvalue weighted by molar-refractivity contribution is 7.91. The summed E-state index contributed by atoms with van der Waals surface area (Å²) >= 11 is 0. The molecule has 65 heavy (non-hydrogen) atoms. The number of rotatable bonds is 11. The van der Waals surface area contributed by atoms with E-state index >= 15 is 4.79 Å². The van der Waals surface area contributed by atoms with E-state index in [1.165, 1.54) is 30.2 Å². The zero-order valence-corrected chi connectivity index (χ0v) is 39.4. The van der Waals surface area contributed by atoms with Gasteiger partial charge in [-0.3, -0.25) is 19.1 Å². The number of hydrogen-bond acceptors (Lipinski definition) is 11. The molecule has 3 saturated carbocycles. The fourth-order valence-corrected chi connectivity index (χ4v) is 11.5. The molecule has 2 aromatic rings. The molecule has 3 N–H and O–H groups in total. The Bertz CT molecular complexity index is 2290. The number of carbonyl (C=O) groups excluding carboxylic acids is 4. The predicted molar refractivity (Wildman–Crippen MR) is 247 cm³/mol. The molecule has 8 rings (SSSR count). The second-order valence-electron chi connectivity index (χ2n) is 20.6. The first-order valence-electron chi connectivity index (χ1n) is 23.9. The molecule has 0 radical (unpaired) electrons. The van der Waals surface area contributed by atoms with Gasteiger partial charge in [0.15, 0.2) is 0 Å². The van der Waals surface area contributed by atoms with Crippen LogP contribution in [0.1, 0.15) is 117 Å². The number of fused-ring (bicyclic) bond motifs is 5. The van der Waals surface area contributed by atoms with Crippen molar-refractivity contribution >= 4 is 44.7 Å². The first-order chi connectivity index (χ1) is 31.0. The average Bonchev–Trinajstić information content (AvgIpc) is 4.09. The lowest BCUT2D eigenvalue weighted by molar-refractivity contribution is -0.143. The fourth-order valence-electron chi connectivity index (χ4n) is 10.2. The Balaban J connectivity index is 1.13. The Labute approximate surface area is 383 Å². The molecule has 1 aromatic heterocycles. The van der Waals surface area contributed by atoms with E-state index in [2.05, 4.69) is 39.0 Å². The van der Waals surface area contributed by atoms with Crippen molar-refractivity contribution in [2.75, 3.05) is 32.8 Å². The number of ether oxygens (including phenoxy) is 3. The van der Waals surface area contributed by atoms with Crippen LogP contribution in [0.3, 0.4) is 0 Å². The smallest absolute Gasteiger partial charge is 0.408 e. The molecule has 6 aliphatic rings. The van der Waals surface area contributed by atoms with Crippen molar-refractivity contribution in [2.24, 2.45) is 17.3 Å². The van der Waals surface area contributed by atoms with Gasteiger partial charge in [-0.15, -0.1) is 6.58 Å². The molecule has 2 bridgehead atoms. The number of nitrogens with zero attached hydrogens (tertiary/aromatic N) is 3. The van der Waals surface area contributed by atoms with Gasteiger partial charge in [-0.1, -0.05) is 57.6 Å². The fraction of sp³-hybridized carbons (Fsp3) is 0.653. The molecule has 5 fully saturated rings. The van der Waals surface area contributed by atoms with Gasteiger partial charge < -0.3 is 34.6 Å². The van der Waals surface area contributed by atoms with Crippen LogP contribution in [0, 0.1) is 17.3 Å². The molecule has 2 saturated heterocycles. The normalized spacial score (nSPS) is 29.5. The highest BCUT2D eigenvalue weighted by atomic mass is 32.2. The van der Waals surface area contributed by atoms with E-state index in [9.17, 15) is 22.8 Å². The summed E-state index contributed by atoms with van der Waals surface area (Å²) in [6.07, 6.45) is 14.3. The number of benzene rings is 1. The highest BCUT2D eigenvalue weighted by Crippen LogP contribution is 2.47. The van der Waals surface area contributed by atoms with E-state index in [0.717, 1.165) is 69.1 Å². The number of amides is 4. The average molecular weight is 917 g/mol. The maximum absolute atomic E-state index is 15.0. The molecule has 16 heteroatoms. The van der Waals surface area contributed by atoms with Gasteiger partial charge >= 0.3 is 6.09 Å². The number of allylic oxidation sites excluding steroid dienone is 2. The molecule has 0 unspecified atom stereocenters. The number of aromatic nitrogens is 1. The van der Waals surface area contributed by atoms with Crippen molar-refractivity contribution < 1.29 is 41.8 Å². The second kappa shape index (κ2) is 18.9. The van der Waals surface area contributed by atoms with Gasteiger partial charge in [0.25, 0.3) is 5.91 Å². The standard InChI is InChI=1S/C49H68N6O9S/c1-6-33-30-49(33,45(58)53-65(60,61)48(5)23-24-48)52-42(56)38-29-34-31-55(38)44(57)41(47(2,3)4)51-46(59)64-39-22-15-18-32(39)17-9-7-10-20-36-40(62-28-16-27-54-25-13-8-14-26-54)35-19-11-12-21-37(35)50-43(36)63-34/h6-7,10-12,19,21,32-34,38-39,41H,1,8-9,13-18,20,22-31H2,2-5H3,(H,51,59)(H,52,56)(H,53,58)/t32-,33-,34-,38+,39-,41-,49-/m1/s1. The molecule has 7 atom stereocenters. The molecule has 1 aromatic carbocycles. The zero-order chi connectivity index (χ0) is 46.1. The monoisotopic (exact) mass is 916 g/mol. The number of hydrogen-bond donors (Lipinski definition) is 3. The second-order valence-corrected chi connectivity index (χ2v) is 22.7. The number of alkyl carbamates (subject to hydrolysis) is 1. The van der Waals surface area contributed by atoms with E-state index in [1.807, 2.05) is 45.0 Å². The zero-order valence-electron chi connectivity index (χ0n) is 38.6. The van der Waals surface area contributed by atoms with Crippen molar-refractivity contribution in [1.82, 2.24) is 30.1 Å². The van der Waals surface area contributed by atoms with Crippen LogP contribution < -0.4 is 24.8 Å². The maximum atomic E-state index is 15.0. The number of para-hydroxylation sites is 1. The van der Waals surface area contributed by atoms with Crippen LogP contribution in [-0.4, -0.2) is 114 Å².